The molecule has 0 saturated carbocycles. The van der Waals surface area contributed by atoms with Crippen LogP contribution in [0, 0.1) is 5.82 Å². The third-order valence-corrected chi connectivity index (χ3v) is 4.45. The lowest BCUT2D eigenvalue weighted by Crippen LogP contribution is -2.30. The predicted molar refractivity (Wildman–Crippen MR) is 105 cm³/mol. The number of methoxy groups -OCH3 is 1. The van der Waals surface area contributed by atoms with Crippen molar-refractivity contribution in [2.24, 2.45) is 0 Å². The number of amides is 1. The molecule has 0 aliphatic carbocycles. The number of ether oxygens (including phenoxy) is 2. The van der Waals surface area contributed by atoms with Crippen LogP contribution < -0.4 is 14.8 Å². The molecule has 5 nitrogen and oxygen atoms in total. The number of hydrogen-bond donors (Lipinski definition) is 1. The Kier molecular flexibility index (Phi) is 4.61. The standard InChI is InChI=1S/C22H18FNO4/c1-13(27-15-9-7-14(23)8-10-15)22(25)24-18-12-20-17(11-21(18)26-2)16-5-3-4-6-19(16)28-20/h3-13H,1-2H3,(H,24,25). The number of para-hydroxylation sites is 1. The molecule has 0 aliphatic rings. The first-order valence-electron chi connectivity index (χ1n) is 8.77. The average molecular weight is 379 g/mol. The van der Waals surface area contributed by atoms with Crippen LogP contribution in [0.25, 0.3) is 21.9 Å². The zero-order chi connectivity index (χ0) is 19.7. The Morgan fingerprint density at radius 3 is 2.54 bits per heavy atom. The molecular formula is C22H18FNO4. The summed E-state index contributed by atoms with van der Waals surface area (Å²) in [5, 5.41) is 4.68. The van der Waals surface area contributed by atoms with Gasteiger partial charge in [-0.2, -0.15) is 0 Å². The van der Waals surface area contributed by atoms with Crippen LogP contribution in [0.3, 0.4) is 0 Å². The van der Waals surface area contributed by atoms with Gasteiger partial charge in [0.05, 0.1) is 12.8 Å². The Morgan fingerprint density at radius 1 is 1.04 bits per heavy atom. The molecule has 0 fully saturated rings. The Bertz CT molecular complexity index is 1150. The molecule has 1 amide bonds. The van der Waals surface area contributed by atoms with Crippen molar-refractivity contribution in [2.75, 3.05) is 12.4 Å². The Balaban J connectivity index is 1.59. The van der Waals surface area contributed by atoms with E-state index in [9.17, 15) is 9.18 Å². The summed E-state index contributed by atoms with van der Waals surface area (Å²) in [4.78, 5) is 12.6. The van der Waals surface area contributed by atoms with Crippen LogP contribution in [-0.4, -0.2) is 19.1 Å². The first-order chi connectivity index (χ1) is 13.5. The van der Waals surface area contributed by atoms with Crippen molar-refractivity contribution < 1.29 is 23.1 Å². The van der Waals surface area contributed by atoms with Crippen molar-refractivity contribution in [3.63, 3.8) is 0 Å². The molecule has 1 aromatic heterocycles. The molecule has 0 radical (unpaired) electrons. The molecule has 4 aromatic rings. The maximum Gasteiger partial charge on any atom is 0.265 e. The van der Waals surface area contributed by atoms with Crippen molar-refractivity contribution in [3.8, 4) is 11.5 Å². The van der Waals surface area contributed by atoms with Gasteiger partial charge in [0.1, 0.15) is 28.5 Å². The van der Waals surface area contributed by atoms with E-state index in [4.69, 9.17) is 13.9 Å². The number of fused-ring (bicyclic) bond motifs is 3. The second kappa shape index (κ2) is 7.23. The number of anilines is 1. The normalized spacial score (nSPS) is 12.1. The maximum absolute atomic E-state index is 13.0. The van der Waals surface area contributed by atoms with Crippen LogP contribution in [0.4, 0.5) is 10.1 Å². The topological polar surface area (TPSA) is 60.7 Å². The summed E-state index contributed by atoms with van der Waals surface area (Å²) < 4.78 is 29.9. The molecule has 142 valence electrons. The van der Waals surface area contributed by atoms with Gasteiger partial charge < -0.3 is 19.2 Å². The fraction of sp³-hybridized carbons (Fsp3) is 0.136. The van der Waals surface area contributed by atoms with Gasteiger partial charge in [-0.05, 0) is 43.3 Å². The second-order valence-electron chi connectivity index (χ2n) is 6.35. The van der Waals surface area contributed by atoms with Gasteiger partial charge in [-0.1, -0.05) is 18.2 Å². The molecule has 0 bridgehead atoms. The molecule has 0 saturated heterocycles. The smallest absolute Gasteiger partial charge is 0.265 e. The van der Waals surface area contributed by atoms with Crippen molar-refractivity contribution in [1.82, 2.24) is 0 Å². The molecule has 0 spiro atoms. The lowest BCUT2D eigenvalue weighted by molar-refractivity contribution is -0.122. The van der Waals surface area contributed by atoms with E-state index in [0.29, 0.717) is 22.8 Å². The van der Waals surface area contributed by atoms with E-state index in [1.165, 1.54) is 31.4 Å². The van der Waals surface area contributed by atoms with E-state index in [-0.39, 0.29) is 11.7 Å². The minimum absolute atomic E-state index is 0.363. The molecule has 1 N–H and O–H groups in total. The van der Waals surface area contributed by atoms with Crippen LogP contribution in [0.2, 0.25) is 0 Å². The molecule has 4 rings (SSSR count). The first-order valence-corrected chi connectivity index (χ1v) is 8.77. The lowest BCUT2D eigenvalue weighted by Gasteiger charge is -2.16. The fourth-order valence-corrected chi connectivity index (χ4v) is 3.02. The van der Waals surface area contributed by atoms with Gasteiger partial charge in [0.2, 0.25) is 0 Å². The van der Waals surface area contributed by atoms with Gasteiger partial charge in [0.15, 0.2) is 6.10 Å². The SMILES string of the molecule is COc1cc2c(cc1NC(=O)C(C)Oc1ccc(F)cc1)oc1ccccc12. The zero-order valence-electron chi connectivity index (χ0n) is 15.4. The molecule has 0 aliphatic heterocycles. The number of benzene rings is 3. The van der Waals surface area contributed by atoms with Crippen LogP contribution in [0.1, 0.15) is 6.92 Å². The zero-order valence-corrected chi connectivity index (χ0v) is 15.4. The molecule has 3 aromatic carbocycles. The van der Waals surface area contributed by atoms with E-state index in [2.05, 4.69) is 5.32 Å². The predicted octanol–water partition coefficient (Wildman–Crippen LogP) is 5.14. The third-order valence-electron chi connectivity index (χ3n) is 4.45. The van der Waals surface area contributed by atoms with Crippen molar-refractivity contribution in [1.29, 1.82) is 0 Å². The van der Waals surface area contributed by atoms with Gasteiger partial charge in [0.25, 0.3) is 5.91 Å². The second-order valence-corrected chi connectivity index (χ2v) is 6.35. The summed E-state index contributed by atoms with van der Waals surface area (Å²) >= 11 is 0. The largest absolute Gasteiger partial charge is 0.495 e. The summed E-state index contributed by atoms with van der Waals surface area (Å²) in [5.41, 5.74) is 1.88. The molecule has 6 heteroatoms. The third kappa shape index (κ3) is 3.36. The van der Waals surface area contributed by atoms with Crippen LogP contribution in [0.5, 0.6) is 11.5 Å². The van der Waals surface area contributed by atoms with Crippen molar-refractivity contribution in [2.45, 2.75) is 13.0 Å². The lowest BCUT2D eigenvalue weighted by atomic mass is 10.1. The summed E-state index contributed by atoms with van der Waals surface area (Å²) in [5.74, 6) is 0.191. The highest BCUT2D eigenvalue weighted by Gasteiger charge is 2.19. The number of rotatable bonds is 5. The van der Waals surface area contributed by atoms with Crippen molar-refractivity contribution in [3.05, 3.63) is 66.5 Å². The number of carbonyl (C=O) groups excluding carboxylic acids is 1. The molecular weight excluding hydrogens is 361 g/mol. The number of hydrogen-bond acceptors (Lipinski definition) is 4. The number of furan rings is 1. The summed E-state index contributed by atoms with van der Waals surface area (Å²) in [6.07, 6.45) is -0.790. The van der Waals surface area contributed by atoms with E-state index >= 15 is 0 Å². The average Bonchev–Trinajstić information content (AvgIpc) is 3.06. The first kappa shape index (κ1) is 17.9. The minimum atomic E-state index is -0.790. The number of carbonyl (C=O) groups is 1. The van der Waals surface area contributed by atoms with Crippen molar-refractivity contribution >= 4 is 33.5 Å². The summed E-state index contributed by atoms with van der Waals surface area (Å²) in [6.45, 7) is 1.62. The number of nitrogens with one attached hydrogen (secondary N) is 1. The Hall–Kier alpha value is -3.54. The summed E-state index contributed by atoms with van der Waals surface area (Å²) in [6, 6.07) is 16.8. The monoisotopic (exact) mass is 379 g/mol. The number of halogens is 1. The fourth-order valence-electron chi connectivity index (χ4n) is 3.02. The highest BCUT2D eigenvalue weighted by Crippen LogP contribution is 2.36. The van der Waals surface area contributed by atoms with Gasteiger partial charge in [-0.15, -0.1) is 0 Å². The maximum atomic E-state index is 13.0. The molecule has 1 unspecified atom stereocenters. The molecule has 28 heavy (non-hydrogen) atoms. The minimum Gasteiger partial charge on any atom is -0.495 e. The molecule has 1 heterocycles. The Morgan fingerprint density at radius 2 is 1.79 bits per heavy atom. The van der Waals surface area contributed by atoms with E-state index in [0.717, 1.165) is 16.4 Å². The van der Waals surface area contributed by atoms with Gasteiger partial charge in [0, 0.05) is 16.8 Å². The van der Waals surface area contributed by atoms with Gasteiger partial charge in [-0.3, -0.25) is 4.79 Å². The van der Waals surface area contributed by atoms with E-state index in [1.807, 2.05) is 30.3 Å². The van der Waals surface area contributed by atoms with E-state index in [1.54, 1.807) is 13.0 Å². The quantitative estimate of drug-likeness (QED) is 0.522. The summed E-state index contributed by atoms with van der Waals surface area (Å²) in [7, 11) is 1.54. The van der Waals surface area contributed by atoms with Crippen LogP contribution in [-0.2, 0) is 4.79 Å². The van der Waals surface area contributed by atoms with Crippen LogP contribution in [0.15, 0.2) is 65.1 Å². The molecule has 1 atom stereocenters. The van der Waals surface area contributed by atoms with Gasteiger partial charge >= 0.3 is 0 Å². The van der Waals surface area contributed by atoms with Gasteiger partial charge in [-0.25, -0.2) is 4.39 Å². The van der Waals surface area contributed by atoms with Crippen LogP contribution >= 0.6 is 0 Å². The Labute approximate surface area is 160 Å². The highest BCUT2D eigenvalue weighted by molar-refractivity contribution is 6.08. The highest BCUT2D eigenvalue weighted by atomic mass is 19.1. The van der Waals surface area contributed by atoms with E-state index < -0.39 is 6.10 Å².